The SMILES string of the molecule is Cc1cc(NCC(C)C)n2nc(-c3ccccc3)c(C)c2n1. The average Bonchev–Trinajstić information content (AvgIpc) is 2.83. The standard InChI is InChI=1S/C18H22N4/c1-12(2)11-19-16-10-13(3)20-18-14(4)17(21-22(16)18)15-8-6-5-7-9-15/h5-10,12,19H,11H2,1-4H3. The summed E-state index contributed by atoms with van der Waals surface area (Å²) in [5.74, 6) is 1.58. The van der Waals surface area contributed by atoms with Crippen molar-refractivity contribution >= 4 is 11.5 Å². The van der Waals surface area contributed by atoms with Crippen LogP contribution in [0.2, 0.25) is 0 Å². The summed E-state index contributed by atoms with van der Waals surface area (Å²) >= 11 is 0. The van der Waals surface area contributed by atoms with E-state index in [1.165, 1.54) is 0 Å². The lowest BCUT2D eigenvalue weighted by Crippen LogP contribution is -2.12. The predicted octanol–water partition coefficient (Wildman–Crippen LogP) is 4.08. The number of hydrogen-bond donors (Lipinski definition) is 1. The lowest BCUT2D eigenvalue weighted by molar-refractivity contribution is 0.683. The molecule has 0 fully saturated rings. The molecule has 0 saturated carbocycles. The summed E-state index contributed by atoms with van der Waals surface area (Å²) in [6.07, 6.45) is 0. The second-order valence-electron chi connectivity index (χ2n) is 6.13. The van der Waals surface area contributed by atoms with Crippen molar-refractivity contribution in [3.8, 4) is 11.3 Å². The first-order valence-electron chi connectivity index (χ1n) is 7.72. The van der Waals surface area contributed by atoms with Crippen LogP contribution >= 0.6 is 0 Å². The monoisotopic (exact) mass is 294 g/mol. The Bertz CT molecular complexity index is 788. The van der Waals surface area contributed by atoms with Gasteiger partial charge in [0, 0.05) is 29.4 Å². The lowest BCUT2D eigenvalue weighted by Gasteiger charge is -2.11. The molecule has 0 atom stereocenters. The number of benzene rings is 1. The van der Waals surface area contributed by atoms with E-state index in [0.717, 1.165) is 40.5 Å². The average molecular weight is 294 g/mol. The van der Waals surface area contributed by atoms with Crippen molar-refractivity contribution in [1.82, 2.24) is 14.6 Å². The van der Waals surface area contributed by atoms with Crippen molar-refractivity contribution in [2.75, 3.05) is 11.9 Å². The molecule has 4 heteroatoms. The molecule has 0 aliphatic heterocycles. The van der Waals surface area contributed by atoms with Gasteiger partial charge in [-0.25, -0.2) is 4.98 Å². The highest BCUT2D eigenvalue weighted by atomic mass is 15.3. The first kappa shape index (κ1) is 14.6. The van der Waals surface area contributed by atoms with Gasteiger partial charge in [-0.2, -0.15) is 9.61 Å². The van der Waals surface area contributed by atoms with Gasteiger partial charge in [-0.05, 0) is 19.8 Å². The number of nitrogens with zero attached hydrogens (tertiary/aromatic N) is 3. The molecular formula is C18H22N4. The fraction of sp³-hybridized carbons (Fsp3) is 0.333. The zero-order valence-electron chi connectivity index (χ0n) is 13.6. The number of hydrogen-bond acceptors (Lipinski definition) is 3. The molecule has 0 aliphatic carbocycles. The topological polar surface area (TPSA) is 42.2 Å². The van der Waals surface area contributed by atoms with Gasteiger partial charge in [0.15, 0.2) is 5.65 Å². The van der Waals surface area contributed by atoms with Crippen LogP contribution < -0.4 is 5.32 Å². The molecule has 0 amide bonds. The van der Waals surface area contributed by atoms with Crippen molar-refractivity contribution in [3.05, 3.63) is 47.7 Å². The van der Waals surface area contributed by atoms with Gasteiger partial charge in [0.25, 0.3) is 0 Å². The largest absolute Gasteiger partial charge is 0.370 e. The second-order valence-corrected chi connectivity index (χ2v) is 6.13. The van der Waals surface area contributed by atoms with E-state index in [-0.39, 0.29) is 0 Å². The number of aryl methyl sites for hydroxylation is 2. The first-order chi connectivity index (χ1) is 10.6. The highest BCUT2D eigenvalue weighted by Crippen LogP contribution is 2.26. The van der Waals surface area contributed by atoms with E-state index in [1.54, 1.807) is 0 Å². The number of anilines is 1. The van der Waals surface area contributed by atoms with E-state index in [1.807, 2.05) is 29.6 Å². The van der Waals surface area contributed by atoms with Crippen LogP contribution in [0.15, 0.2) is 36.4 Å². The fourth-order valence-electron chi connectivity index (χ4n) is 2.55. The van der Waals surface area contributed by atoms with E-state index in [0.29, 0.717) is 5.92 Å². The third-order valence-corrected chi connectivity index (χ3v) is 3.69. The van der Waals surface area contributed by atoms with Crippen molar-refractivity contribution in [3.63, 3.8) is 0 Å². The summed E-state index contributed by atoms with van der Waals surface area (Å²) in [6.45, 7) is 9.42. The summed E-state index contributed by atoms with van der Waals surface area (Å²) in [5.41, 5.74) is 5.15. The Kier molecular flexibility index (Phi) is 3.84. The third-order valence-electron chi connectivity index (χ3n) is 3.69. The molecule has 0 aliphatic rings. The summed E-state index contributed by atoms with van der Waals surface area (Å²) in [5, 5.41) is 8.27. The van der Waals surface area contributed by atoms with Gasteiger partial charge in [-0.15, -0.1) is 0 Å². The molecule has 0 saturated heterocycles. The molecule has 22 heavy (non-hydrogen) atoms. The Hall–Kier alpha value is -2.36. The van der Waals surface area contributed by atoms with Crippen molar-refractivity contribution in [2.45, 2.75) is 27.7 Å². The van der Waals surface area contributed by atoms with Crippen LogP contribution in [0, 0.1) is 19.8 Å². The molecule has 3 rings (SSSR count). The molecule has 1 aromatic carbocycles. The van der Waals surface area contributed by atoms with Gasteiger partial charge in [-0.1, -0.05) is 44.2 Å². The van der Waals surface area contributed by atoms with E-state index >= 15 is 0 Å². The van der Waals surface area contributed by atoms with Gasteiger partial charge in [0.2, 0.25) is 0 Å². The first-order valence-corrected chi connectivity index (χ1v) is 7.72. The Morgan fingerprint density at radius 1 is 1.14 bits per heavy atom. The van der Waals surface area contributed by atoms with Crippen LogP contribution in [-0.4, -0.2) is 21.1 Å². The van der Waals surface area contributed by atoms with Crippen LogP contribution in [0.4, 0.5) is 5.82 Å². The Morgan fingerprint density at radius 3 is 2.55 bits per heavy atom. The minimum atomic E-state index is 0.578. The Balaban J connectivity index is 2.14. The molecule has 0 bridgehead atoms. The summed E-state index contributed by atoms with van der Waals surface area (Å²) in [6, 6.07) is 12.3. The van der Waals surface area contributed by atoms with Crippen LogP contribution in [0.5, 0.6) is 0 Å². The van der Waals surface area contributed by atoms with Crippen molar-refractivity contribution in [1.29, 1.82) is 0 Å². The van der Waals surface area contributed by atoms with Gasteiger partial charge in [-0.3, -0.25) is 0 Å². The molecule has 2 heterocycles. The summed E-state index contributed by atoms with van der Waals surface area (Å²) in [4.78, 5) is 4.67. The van der Waals surface area contributed by atoms with Crippen LogP contribution in [0.25, 0.3) is 16.9 Å². The van der Waals surface area contributed by atoms with Gasteiger partial charge in [0.05, 0.1) is 5.69 Å². The predicted molar refractivity (Wildman–Crippen MR) is 91.2 cm³/mol. The molecular weight excluding hydrogens is 272 g/mol. The van der Waals surface area contributed by atoms with Crippen molar-refractivity contribution in [2.24, 2.45) is 5.92 Å². The molecule has 0 radical (unpaired) electrons. The summed E-state index contributed by atoms with van der Waals surface area (Å²) in [7, 11) is 0. The second kappa shape index (κ2) is 5.79. The normalized spacial score (nSPS) is 11.3. The highest BCUT2D eigenvalue weighted by molar-refractivity contribution is 5.71. The zero-order chi connectivity index (χ0) is 15.7. The molecule has 114 valence electrons. The maximum absolute atomic E-state index is 4.79. The van der Waals surface area contributed by atoms with Gasteiger partial charge < -0.3 is 5.32 Å². The minimum absolute atomic E-state index is 0.578. The number of aromatic nitrogens is 3. The summed E-state index contributed by atoms with van der Waals surface area (Å²) < 4.78 is 1.92. The van der Waals surface area contributed by atoms with E-state index in [4.69, 9.17) is 5.10 Å². The fourth-order valence-corrected chi connectivity index (χ4v) is 2.55. The van der Waals surface area contributed by atoms with Crippen LogP contribution in [0.3, 0.4) is 0 Å². The van der Waals surface area contributed by atoms with E-state index in [9.17, 15) is 0 Å². The highest BCUT2D eigenvalue weighted by Gasteiger charge is 2.14. The van der Waals surface area contributed by atoms with Crippen LogP contribution in [0.1, 0.15) is 25.1 Å². The maximum atomic E-state index is 4.79. The number of nitrogens with one attached hydrogen (secondary N) is 1. The smallest absolute Gasteiger partial charge is 0.161 e. The molecule has 0 unspecified atom stereocenters. The molecule has 1 N–H and O–H groups in total. The number of fused-ring (bicyclic) bond motifs is 1. The lowest BCUT2D eigenvalue weighted by atomic mass is 10.1. The van der Waals surface area contributed by atoms with Crippen molar-refractivity contribution < 1.29 is 0 Å². The minimum Gasteiger partial charge on any atom is -0.370 e. The Morgan fingerprint density at radius 2 is 1.86 bits per heavy atom. The molecule has 3 aromatic rings. The number of rotatable bonds is 4. The Labute approximate surface area is 131 Å². The quantitative estimate of drug-likeness (QED) is 0.788. The van der Waals surface area contributed by atoms with E-state index < -0.39 is 0 Å². The molecule has 4 nitrogen and oxygen atoms in total. The molecule has 2 aromatic heterocycles. The third kappa shape index (κ3) is 2.69. The van der Waals surface area contributed by atoms with Gasteiger partial charge >= 0.3 is 0 Å². The van der Waals surface area contributed by atoms with Crippen LogP contribution in [-0.2, 0) is 0 Å². The maximum Gasteiger partial charge on any atom is 0.161 e. The molecule has 0 spiro atoms. The van der Waals surface area contributed by atoms with E-state index in [2.05, 4.69) is 49.3 Å². The van der Waals surface area contributed by atoms with Gasteiger partial charge in [0.1, 0.15) is 5.82 Å². The zero-order valence-corrected chi connectivity index (χ0v) is 13.6.